The Balaban J connectivity index is 2.37. The lowest BCUT2D eigenvalue weighted by atomic mass is 10.1. The molecule has 1 heterocycles. The zero-order chi connectivity index (χ0) is 17.5. The number of aromatic carboxylic acids is 1. The number of hydrogen-bond acceptors (Lipinski definition) is 6. The maximum absolute atomic E-state index is 11.2. The number of carboxylic acids is 1. The van der Waals surface area contributed by atoms with Crippen molar-refractivity contribution in [1.82, 2.24) is 0 Å². The summed E-state index contributed by atoms with van der Waals surface area (Å²) < 4.78 is 0. The van der Waals surface area contributed by atoms with Crippen LogP contribution < -0.4 is 16.1 Å². The summed E-state index contributed by atoms with van der Waals surface area (Å²) >= 11 is 0. The largest absolute Gasteiger partial charge is 0.478 e. The van der Waals surface area contributed by atoms with E-state index in [1.165, 1.54) is 18.9 Å². The number of anilines is 2. The second-order valence-corrected chi connectivity index (χ2v) is 5.54. The number of hydrogen-bond donors (Lipinski definition) is 4. The molecule has 0 saturated carbocycles. The molecule has 0 radical (unpaired) electrons. The van der Waals surface area contributed by atoms with Gasteiger partial charge in [-0.2, -0.15) is 10.4 Å². The van der Waals surface area contributed by atoms with Gasteiger partial charge in [0.25, 0.3) is 0 Å². The maximum Gasteiger partial charge on any atom is 0.335 e. The predicted octanol–water partition coefficient (Wildman–Crippen LogP) is 1.99. The Kier molecular flexibility index (Phi) is 5.73. The number of carbonyl (C=O) groups is 1. The zero-order valence-electron chi connectivity index (χ0n) is 13.2. The number of rotatable bonds is 5. The van der Waals surface area contributed by atoms with Crippen LogP contribution in [-0.4, -0.2) is 35.7 Å². The fraction of sp³-hybridized carbons (Fsp3) is 0.375. The summed E-state index contributed by atoms with van der Waals surface area (Å²) in [5.74, 6) is -1.49. The molecule has 1 aliphatic heterocycles. The monoisotopic (exact) mass is 328 g/mol. The Morgan fingerprint density at radius 3 is 2.54 bits per heavy atom. The first-order valence-corrected chi connectivity index (χ1v) is 7.73. The highest BCUT2D eigenvalue weighted by molar-refractivity contribution is 6.45. The topological polar surface area (TPSA) is 139 Å². The van der Waals surface area contributed by atoms with E-state index in [0.29, 0.717) is 5.69 Å². The van der Waals surface area contributed by atoms with Crippen LogP contribution in [0.1, 0.15) is 36.0 Å². The van der Waals surface area contributed by atoms with Gasteiger partial charge in [-0.15, -0.1) is 0 Å². The first-order chi connectivity index (χ1) is 11.5. The van der Waals surface area contributed by atoms with Crippen LogP contribution in [0.5, 0.6) is 0 Å². The molecule has 8 heteroatoms. The minimum absolute atomic E-state index is 0.118. The van der Waals surface area contributed by atoms with E-state index in [-0.39, 0.29) is 11.3 Å². The van der Waals surface area contributed by atoms with Gasteiger partial charge in [0, 0.05) is 13.1 Å². The van der Waals surface area contributed by atoms with Crippen molar-refractivity contribution in [3.8, 4) is 6.07 Å². The molecular weight excluding hydrogens is 308 g/mol. The lowest BCUT2D eigenvalue weighted by Gasteiger charge is -2.25. The van der Waals surface area contributed by atoms with E-state index >= 15 is 0 Å². The van der Waals surface area contributed by atoms with Crippen LogP contribution in [0.15, 0.2) is 23.3 Å². The van der Waals surface area contributed by atoms with Crippen LogP contribution in [0.25, 0.3) is 0 Å². The van der Waals surface area contributed by atoms with Gasteiger partial charge in [0.2, 0.25) is 5.71 Å². The predicted molar refractivity (Wildman–Crippen MR) is 92.7 cm³/mol. The summed E-state index contributed by atoms with van der Waals surface area (Å²) in [6, 6.07) is 6.49. The van der Waals surface area contributed by atoms with Gasteiger partial charge in [-0.25, -0.2) is 4.79 Å². The summed E-state index contributed by atoms with van der Waals surface area (Å²) in [4.78, 5) is 13.4. The highest BCUT2D eigenvalue weighted by Crippen LogP contribution is 2.29. The van der Waals surface area contributed by atoms with Crippen molar-refractivity contribution >= 4 is 28.9 Å². The zero-order valence-corrected chi connectivity index (χ0v) is 13.2. The van der Waals surface area contributed by atoms with Crippen molar-refractivity contribution in [2.24, 2.45) is 10.8 Å². The molecule has 1 saturated heterocycles. The molecule has 5 N–H and O–H groups in total. The lowest BCUT2D eigenvalue weighted by Crippen LogP contribution is -2.25. The number of amidine groups is 1. The molecule has 2 rings (SSSR count). The molecule has 126 valence electrons. The number of benzene rings is 1. The van der Waals surface area contributed by atoms with Crippen molar-refractivity contribution in [3.63, 3.8) is 0 Å². The first-order valence-electron chi connectivity index (χ1n) is 7.73. The van der Waals surface area contributed by atoms with Crippen molar-refractivity contribution in [1.29, 1.82) is 10.7 Å². The first kappa shape index (κ1) is 17.3. The molecular formula is C16H20N6O2. The summed E-state index contributed by atoms with van der Waals surface area (Å²) in [6.07, 6.45) is 4.49. The van der Waals surface area contributed by atoms with Gasteiger partial charge in [0.1, 0.15) is 6.07 Å². The van der Waals surface area contributed by atoms with Gasteiger partial charge in [-0.1, -0.05) is 12.8 Å². The highest BCUT2D eigenvalue weighted by atomic mass is 16.4. The normalized spacial score (nSPS) is 15.3. The maximum atomic E-state index is 11.2. The Labute approximate surface area is 140 Å². The summed E-state index contributed by atoms with van der Waals surface area (Å²) in [7, 11) is 0. The molecule has 24 heavy (non-hydrogen) atoms. The molecule has 0 aromatic heterocycles. The minimum Gasteiger partial charge on any atom is -0.478 e. The van der Waals surface area contributed by atoms with E-state index in [9.17, 15) is 9.90 Å². The fourth-order valence-corrected chi connectivity index (χ4v) is 2.61. The summed E-state index contributed by atoms with van der Waals surface area (Å²) in [5, 5.41) is 29.2. The second kappa shape index (κ2) is 7.97. The molecule has 0 atom stereocenters. The lowest BCUT2D eigenvalue weighted by molar-refractivity contribution is 0.0697. The third-order valence-electron chi connectivity index (χ3n) is 3.84. The fourth-order valence-electron chi connectivity index (χ4n) is 2.61. The number of nitrogens with zero attached hydrogens (tertiary/aromatic N) is 3. The molecule has 8 nitrogen and oxygen atoms in total. The number of nitrogens with one attached hydrogen (secondary N) is 2. The molecule has 1 aliphatic rings. The van der Waals surface area contributed by atoms with Crippen LogP contribution in [0.2, 0.25) is 0 Å². The average molecular weight is 328 g/mol. The van der Waals surface area contributed by atoms with Crippen molar-refractivity contribution < 1.29 is 9.90 Å². The highest BCUT2D eigenvalue weighted by Gasteiger charge is 2.16. The SMILES string of the molecule is N#C/C(=N\Nc1cc(C(=O)O)ccc1N1CCCCCC1)C(=N)N. The standard InChI is InChI=1S/C16H20N6O2/c17-10-13(15(18)19)21-20-12-9-11(16(23)24)5-6-14(12)22-7-3-1-2-4-8-22/h5-6,9,20H,1-4,7-8H2,(H3,18,19)(H,23,24)/b21-13+. The molecule has 0 bridgehead atoms. The van der Waals surface area contributed by atoms with Crippen molar-refractivity contribution in [2.75, 3.05) is 23.4 Å². The Morgan fingerprint density at radius 1 is 1.33 bits per heavy atom. The summed E-state index contributed by atoms with van der Waals surface area (Å²) in [6.45, 7) is 1.76. The molecule has 0 unspecified atom stereocenters. The Morgan fingerprint density at radius 2 is 2.00 bits per heavy atom. The number of nitrogens with two attached hydrogens (primary N) is 1. The Bertz CT molecular complexity index is 699. The summed E-state index contributed by atoms with van der Waals surface area (Å²) in [5.41, 5.74) is 9.14. The smallest absolute Gasteiger partial charge is 0.335 e. The molecule has 1 aromatic carbocycles. The molecule has 0 aliphatic carbocycles. The van der Waals surface area contributed by atoms with E-state index < -0.39 is 11.8 Å². The van der Waals surface area contributed by atoms with Crippen LogP contribution in [0.3, 0.4) is 0 Å². The second-order valence-electron chi connectivity index (χ2n) is 5.54. The number of carboxylic acid groups (broad SMARTS) is 1. The van der Waals surface area contributed by atoms with Crippen LogP contribution in [0.4, 0.5) is 11.4 Å². The third-order valence-corrected chi connectivity index (χ3v) is 3.84. The van der Waals surface area contributed by atoms with E-state index in [4.69, 9.17) is 16.4 Å². The molecule has 1 fully saturated rings. The van der Waals surface area contributed by atoms with Gasteiger partial charge < -0.3 is 15.7 Å². The van der Waals surface area contributed by atoms with Crippen molar-refractivity contribution in [3.05, 3.63) is 23.8 Å². The minimum atomic E-state index is -1.04. The van der Waals surface area contributed by atoms with Crippen LogP contribution in [-0.2, 0) is 0 Å². The van der Waals surface area contributed by atoms with E-state index in [0.717, 1.165) is 31.6 Å². The number of nitriles is 1. The molecule has 1 aromatic rings. The average Bonchev–Trinajstić information content (AvgIpc) is 2.84. The van der Waals surface area contributed by atoms with Crippen LogP contribution in [0, 0.1) is 16.7 Å². The van der Waals surface area contributed by atoms with E-state index in [1.807, 2.05) is 0 Å². The Hall–Kier alpha value is -3.08. The molecule has 0 amide bonds. The van der Waals surface area contributed by atoms with E-state index in [1.54, 1.807) is 18.2 Å². The van der Waals surface area contributed by atoms with Gasteiger partial charge in [0.05, 0.1) is 16.9 Å². The number of hydrazone groups is 1. The van der Waals surface area contributed by atoms with Gasteiger partial charge >= 0.3 is 5.97 Å². The van der Waals surface area contributed by atoms with E-state index in [2.05, 4.69) is 15.4 Å². The van der Waals surface area contributed by atoms with Gasteiger partial charge in [-0.3, -0.25) is 10.8 Å². The van der Waals surface area contributed by atoms with Crippen molar-refractivity contribution in [2.45, 2.75) is 25.7 Å². The van der Waals surface area contributed by atoms with Crippen LogP contribution >= 0.6 is 0 Å². The quantitative estimate of drug-likeness (QED) is 0.370. The third kappa shape index (κ3) is 4.23. The molecule has 0 spiro atoms. The van der Waals surface area contributed by atoms with Gasteiger partial charge in [-0.05, 0) is 31.0 Å². The van der Waals surface area contributed by atoms with Gasteiger partial charge in [0.15, 0.2) is 5.84 Å².